The largest absolute Gasteiger partial charge is 0.405 e. The molecule has 0 unspecified atom stereocenters. The molecule has 0 fully saturated rings. The minimum absolute atomic E-state index is 0.285. The molecule has 1 rings (SSSR count). The smallest absolute Gasteiger partial charge is 0.392 e. The summed E-state index contributed by atoms with van der Waals surface area (Å²) in [7, 11) is 0. The van der Waals surface area contributed by atoms with Crippen molar-refractivity contribution < 1.29 is 18.3 Å². The lowest BCUT2D eigenvalue weighted by atomic mass is 10.1. The molecule has 0 heterocycles. The van der Waals surface area contributed by atoms with Gasteiger partial charge >= 0.3 is 6.18 Å². The number of aliphatic hydroxyl groups is 1. The summed E-state index contributed by atoms with van der Waals surface area (Å²) in [6.45, 7) is 0.831. The number of aliphatic hydroxyl groups excluding tert-OH is 1. The molecule has 1 N–H and O–H groups in total. The summed E-state index contributed by atoms with van der Waals surface area (Å²) in [5.41, 5.74) is 0.918. The highest BCUT2D eigenvalue weighted by Gasteiger charge is 2.31. The van der Waals surface area contributed by atoms with Crippen molar-refractivity contribution in [2.24, 2.45) is 0 Å². The molecule has 0 aliphatic rings. The topological polar surface area (TPSA) is 23.5 Å². The molecule has 102 valence electrons. The van der Waals surface area contributed by atoms with Gasteiger partial charge in [0.15, 0.2) is 0 Å². The van der Waals surface area contributed by atoms with Gasteiger partial charge < -0.3 is 10.0 Å². The summed E-state index contributed by atoms with van der Waals surface area (Å²) in [4.78, 5) is 1.25. The van der Waals surface area contributed by atoms with Crippen LogP contribution < -0.4 is 4.90 Å². The van der Waals surface area contributed by atoms with E-state index in [1.165, 1.54) is 4.90 Å². The third-order valence-electron chi connectivity index (χ3n) is 2.42. The van der Waals surface area contributed by atoms with Crippen molar-refractivity contribution in [3.8, 4) is 0 Å². The maximum Gasteiger partial charge on any atom is 0.405 e. The van der Waals surface area contributed by atoms with Gasteiger partial charge in [-0.05, 0) is 24.6 Å². The molecule has 6 heteroatoms. The average molecular weight is 326 g/mol. The van der Waals surface area contributed by atoms with Crippen molar-refractivity contribution >= 4 is 21.6 Å². The zero-order valence-electron chi connectivity index (χ0n) is 9.97. The molecule has 2 nitrogen and oxygen atoms in total. The van der Waals surface area contributed by atoms with Gasteiger partial charge in [0.2, 0.25) is 0 Å². The quantitative estimate of drug-likeness (QED) is 0.891. The first-order valence-corrected chi connectivity index (χ1v) is 6.37. The van der Waals surface area contributed by atoms with Crippen LogP contribution in [0.15, 0.2) is 22.7 Å². The Morgan fingerprint density at radius 3 is 2.50 bits per heavy atom. The lowest BCUT2D eigenvalue weighted by molar-refractivity contribution is -0.119. The summed E-state index contributed by atoms with van der Waals surface area (Å²) < 4.78 is 38.3. The van der Waals surface area contributed by atoms with Crippen molar-refractivity contribution in [1.82, 2.24) is 0 Å². The van der Waals surface area contributed by atoms with E-state index in [2.05, 4.69) is 15.9 Å². The van der Waals surface area contributed by atoms with Gasteiger partial charge in [0.25, 0.3) is 0 Å². The second-order valence-electron chi connectivity index (χ2n) is 3.97. The first kappa shape index (κ1) is 15.3. The van der Waals surface area contributed by atoms with Gasteiger partial charge in [0.05, 0.1) is 6.61 Å². The van der Waals surface area contributed by atoms with E-state index in [1.807, 2.05) is 6.92 Å². The SMILES string of the molecule is CCCN(CC(F)(F)F)c1ccc(Br)cc1CO. The fourth-order valence-electron chi connectivity index (χ4n) is 1.76. The zero-order valence-corrected chi connectivity index (χ0v) is 11.6. The van der Waals surface area contributed by atoms with E-state index < -0.39 is 12.7 Å². The normalized spacial score (nSPS) is 11.7. The Balaban J connectivity index is 3.04. The van der Waals surface area contributed by atoms with Crippen LogP contribution in [0.2, 0.25) is 0 Å². The van der Waals surface area contributed by atoms with Gasteiger partial charge in [-0.25, -0.2) is 0 Å². The highest BCUT2D eigenvalue weighted by molar-refractivity contribution is 9.10. The van der Waals surface area contributed by atoms with Crippen LogP contribution in [0.4, 0.5) is 18.9 Å². The van der Waals surface area contributed by atoms with Gasteiger partial charge in [-0.3, -0.25) is 0 Å². The minimum Gasteiger partial charge on any atom is -0.392 e. The van der Waals surface area contributed by atoms with E-state index in [4.69, 9.17) is 0 Å². The number of rotatable bonds is 5. The molecule has 0 amide bonds. The number of hydrogen-bond acceptors (Lipinski definition) is 2. The van der Waals surface area contributed by atoms with Crippen LogP contribution in [-0.4, -0.2) is 24.4 Å². The average Bonchev–Trinajstić information content (AvgIpc) is 2.26. The molecule has 1 aromatic rings. The van der Waals surface area contributed by atoms with Gasteiger partial charge in [0.1, 0.15) is 6.54 Å². The zero-order chi connectivity index (χ0) is 13.8. The van der Waals surface area contributed by atoms with Gasteiger partial charge in [-0.15, -0.1) is 0 Å². The van der Waals surface area contributed by atoms with Gasteiger partial charge in [-0.2, -0.15) is 13.2 Å². The fraction of sp³-hybridized carbons (Fsp3) is 0.500. The predicted molar refractivity (Wildman–Crippen MR) is 68.6 cm³/mol. The summed E-state index contributed by atoms with van der Waals surface area (Å²) in [5, 5.41) is 9.23. The van der Waals surface area contributed by atoms with Crippen LogP contribution in [0.25, 0.3) is 0 Å². The first-order valence-electron chi connectivity index (χ1n) is 5.58. The lowest BCUT2D eigenvalue weighted by Gasteiger charge is -2.27. The summed E-state index contributed by atoms with van der Waals surface area (Å²) >= 11 is 3.23. The van der Waals surface area contributed by atoms with E-state index in [9.17, 15) is 18.3 Å². The number of benzene rings is 1. The van der Waals surface area contributed by atoms with Crippen molar-refractivity contribution in [2.45, 2.75) is 26.1 Å². The number of anilines is 1. The molecule has 0 radical (unpaired) electrons. The molecular formula is C12H15BrF3NO. The number of halogens is 4. The van der Waals surface area contributed by atoms with Crippen LogP contribution in [0.1, 0.15) is 18.9 Å². The first-order chi connectivity index (χ1) is 8.37. The Hall–Kier alpha value is -0.750. The van der Waals surface area contributed by atoms with Crippen LogP contribution in [0.5, 0.6) is 0 Å². The van der Waals surface area contributed by atoms with Crippen molar-refractivity contribution in [1.29, 1.82) is 0 Å². The molecule has 0 saturated heterocycles. The molecular weight excluding hydrogens is 311 g/mol. The number of hydrogen-bond donors (Lipinski definition) is 1. The molecule has 0 atom stereocenters. The van der Waals surface area contributed by atoms with Crippen molar-refractivity contribution in [3.05, 3.63) is 28.2 Å². The standard InChI is InChI=1S/C12H15BrF3NO/c1-2-5-17(8-12(14,15)16)11-4-3-10(13)6-9(11)7-18/h3-4,6,18H,2,5,7-8H2,1H3. The van der Waals surface area contributed by atoms with E-state index in [0.29, 0.717) is 24.2 Å². The number of alkyl halides is 3. The second-order valence-corrected chi connectivity index (χ2v) is 4.88. The van der Waals surface area contributed by atoms with E-state index in [-0.39, 0.29) is 6.61 Å². The minimum atomic E-state index is -4.25. The molecule has 1 aromatic carbocycles. The van der Waals surface area contributed by atoms with E-state index in [1.54, 1.807) is 18.2 Å². The lowest BCUT2D eigenvalue weighted by Crippen LogP contribution is -2.35. The molecule has 0 bridgehead atoms. The Bertz CT molecular complexity index is 395. The van der Waals surface area contributed by atoms with E-state index >= 15 is 0 Å². The third-order valence-corrected chi connectivity index (χ3v) is 2.91. The highest BCUT2D eigenvalue weighted by Crippen LogP contribution is 2.28. The Labute approximate surface area is 113 Å². The summed E-state index contributed by atoms with van der Waals surface area (Å²) in [5.74, 6) is 0. The monoisotopic (exact) mass is 325 g/mol. The van der Waals surface area contributed by atoms with Crippen LogP contribution in [-0.2, 0) is 6.61 Å². The molecule has 0 spiro atoms. The maximum atomic E-state index is 12.5. The fourth-order valence-corrected chi connectivity index (χ4v) is 2.17. The van der Waals surface area contributed by atoms with E-state index in [0.717, 1.165) is 4.47 Å². The molecule has 0 aliphatic carbocycles. The second kappa shape index (κ2) is 6.43. The molecule has 0 saturated carbocycles. The van der Waals surface area contributed by atoms with Crippen LogP contribution >= 0.6 is 15.9 Å². The predicted octanol–water partition coefficient (Wildman–Crippen LogP) is 3.72. The Kier molecular flexibility index (Phi) is 5.47. The van der Waals surface area contributed by atoms with Crippen LogP contribution in [0.3, 0.4) is 0 Å². The Morgan fingerprint density at radius 2 is 2.00 bits per heavy atom. The third kappa shape index (κ3) is 4.49. The van der Waals surface area contributed by atoms with Crippen molar-refractivity contribution in [3.63, 3.8) is 0 Å². The molecule has 18 heavy (non-hydrogen) atoms. The van der Waals surface area contributed by atoms with Crippen LogP contribution in [0, 0.1) is 0 Å². The summed E-state index contributed by atoms with van der Waals surface area (Å²) in [6, 6.07) is 4.90. The molecule has 0 aromatic heterocycles. The number of nitrogens with zero attached hydrogens (tertiary/aromatic N) is 1. The maximum absolute atomic E-state index is 12.5. The van der Waals surface area contributed by atoms with Gasteiger partial charge in [-0.1, -0.05) is 22.9 Å². The highest BCUT2D eigenvalue weighted by atomic mass is 79.9. The van der Waals surface area contributed by atoms with Crippen molar-refractivity contribution in [2.75, 3.05) is 18.0 Å². The molecule has 0 aliphatic heterocycles. The van der Waals surface area contributed by atoms with Gasteiger partial charge in [0, 0.05) is 22.3 Å². The summed E-state index contributed by atoms with van der Waals surface area (Å²) in [6.07, 6.45) is -3.65. The Morgan fingerprint density at radius 1 is 1.33 bits per heavy atom.